The number of amides is 3. The van der Waals surface area contributed by atoms with Gasteiger partial charge in [0.25, 0.3) is 5.91 Å². The summed E-state index contributed by atoms with van der Waals surface area (Å²) in [5.74, 6) is -0.116. The van der Waals surface area contributed by atoms with Crippen molar-refractivity contribution < 1.29 is 14.4 Å². The SMILES string of the molecule is CCNC(=O)c1cccc(NC(=O)CN2CCN(C(=O)C(C)C)CC2)c1. The largest absolute Gasteiger partial charge is 0.352 e. The molecule has 0 saturated carbocycles. The molecule has 0 bridgehead atoms. The molecule has 1 aliphatic heterocycles. The Balaban J connectivity index is 1.83. The van der Waals surface area contributed by atoms with Crippen LogP contribution in [0.5, 0.6) is 0 Å². The molecule has 2 rings (SSSR count). The van der Waals surface area contributed by atoms with E-state index in [0.29, 0.717) is 44.0 Å². The lowest BCUT2D eigenvalue weighted by Gasteiger charge is -2.35. The zero-order valence-electron chi connectivity index (χ0n) is 15.7. The van der Waals surface area contributed by atoms with Crippen LogP contribution in [0.2, 0.25) is 0 Å². The molecule has 1 saturated heterocycles. The molecule has 7 nitrogen and oxygen atoms in total. The summed E-state index contributed by atoms with van der Waals surface area (Å²) in [5.41, 5.74) is 1.12. The lowest BCUT2D eigenvalue weighted by Crippen LogP contribution is -2.51. The number of nitrogens with one attached hydrogen (secondary N) is 2. The van der Waals surface area contributed by atoms with E-state index in [1.165, 1.54) is 0 Å². The topological polar surface area (TPSA) is 81.8 Å². The summed E-state index contributed by atoms with van der Waals surface area (Å²) >= 11 is 0. The van der Waals surface area contributed by atoms with Gasteiger partial charge in [-0.3, -0.25) is 19.3 Å². The van der Waals surface area contributed by atoms with Gasteiger partial charge in [0, 0.05) is 49.9 Å². The first-order chi connectivity index (χ1) is 12.4. The Hall–Kier alpha value is -2.41. The van der Waals surface area contributed by atoms with Gasteiger partial charge in [0.2, 0.25) is 11.8 Å². The quantitative estimate of drug-likeness (QED) is 0.798. The third kappa shape index (κ3) is 5.56. The van der Waals surface area contributed by atoms with E-state index in [-0.39, 0.29) is 30.2 Å². The van der Waals surface area contributed by atoms with Crippen molar-refractivity contribution in [1.29, 1.82) is 0 Å². The molecule has 0 unspecified atom stereocenters. The summed E-state index contributed by atoms with van der Waals surface area (Å²) in [4.78, 5) is 40.0. The van der Waals surface area contributed by atoms with Gasteiger partial charge in [-0.2, -0.15) is 0 Å². The van der Waals surface area contributed by atoms with E-state index >= 15 is 0 Å². The van der Waals surface area contributed by atoms with E-state index in [1.807, 2.05) is 30.6 Å². The number of carbonyl (C=O) groups is 3. The second-order valence-corrected chi connectivity index (χ2v) is 6.74. The van der Waals surface area contributed by atoms with Crippen LogP contribution in [0.4, 0.5) is 5.69 Å². The fourth-order valence-corrected chi connectivity index (χ4v) is 2.90. The summed E-state index contributed by atoms with van der Waals surface area (Å²) in [7, 11) is 0. The molecular formula is C19H28N4O3. The van der Waals surface area contributed by atoms with Crippen molar-refractivity contribution in [2.45, 2.75) is 20.8 Å². The van der Waals surface area contributed by atoms with Crippen molar-refractivity contribution in [2.24, 2.45) is 5.92 Å². The molecule has 0 spiro atoms. The van der Waals surface area contributed by atoms with Crippen LogP contribution in [-0.2, 0) is 9.59 Å². The molecule has 1 aromatic carbocycles. The Bertz CT molecular complexity index is 652. The number of carbonyl (C=O) groups excluding carboxylic acids is 3. The van der Waals surface area contributed by atoms with Crippen LogP contribution in [0.15, 0.2) is 24.3 Å². The van der Waals surface area contributed by atoms with Gasteiger partial charge < -0.3 is 15.5 Å². The molecule has 1 aliphatic rings. The van der Waals surface area contributed by atoms with Crippen LogP contribution in [0.3, 0.4) is 0 Å². The number of anilines is 1. The summed E-state index contributed by atoms with van der Waals surface area (Å²) in [6.07, 6.45) is 0. The van der Waals surface area contributed by atoms with Crippen molar-refractivity contribution in [1.82, 2.24) is 15.1 Å². The fraction of sp³-hybridized carbons (Fsp3) is 0.526. The van der Waals surface area contributed by atoms with Crippen molar-refractivity contribution >= 4 is 23.4 Å². The maximum atomic E-state index is 12.3. The minimum atomic E-state index is -0.158. The highest BCUT2D eigenvalue weighted by atomic mass is 16.2. The van der Waals surface area contributed by atoms with Gasteiger partial charge in [-0.05, 0) is 25.1 Å². The number of rotatable bonds is 6. The highest BCUT2D eigenvalue weighted by molar-refractivity contribution is 5.97. The van der Waals surface area contributed by atoms with Gasteiger partial charge in [0.15, 0.2) is 0 Å². The highest BCUT2D eigenvalue weighted by Gasteiger charge is 2.23. The maximum Gasteiger partial charge on any atom is 0.251 e. The van der Waals surface area contributed by atoms with Crippen LogP contribution in [0, 0.1) is 5.92 Å². The second-order valence-electron chi connectivity index (χ2n) is 6.74. The van der Waals surface area contributed by atoms with Crippen LogP contribution in [0.1, 0.15) is 31.1 Å². The van der Waals surface area contributed by atoms with E-state index in [4.69, 9.17) is 0 Å². The number of benzene rings is 1. The zero-order chi connectivity index (χ0) is 19.1. The zero-order valence-corrected chi connectivity index (χ0v) is 15.7. The first-order valence-corrected chi connectivity index (χ1v) is 9.10. The summed E-state index contributed by atoms with van der Waals surface area (Å²) in [6.45, 7) is 9.16. The fourth-order valence-electron chi connectivity index (χ4n) is 2.90. The number of piperazine rings is 1. The molecule has 142 valence electrons. The molecule has 3 amide bonds. The predicted octanol–water partition coefficient (Wildman–Crippen LogP) is 1.18. The molecule has 1 aromatic rings. The van der Waals surface area contributed by atoms with Crippen LogP contribution in [0.25, 0.3) is 0 Å². The Labute approximate surface area is 154 Å². The van der Waals surface area contributed by atoms with Crippen LogP contribution < -0.4 is 10.6 Å². The summed E-state index contributed by atoms with van der Waals surface area (Å²) < 4.78 is 0. The number of nitrogens with zero attached hydrogens (tertiary/aromatic N) is 2. The molecule has 0 aromatic heterocycles. The van der Waals surface area contributed by atoms with Crippen molar-refractivity contribution in [3.63, 3.8) is 0 Å². The van der Waals surface area contributed by atoms with E-state index < -0.39 is 0 Å². The maximum absolute atomic E-state index is 12.3. The minimum absolute atomic E-state index is 0.00188. The summed E-state index contributed by atoms with van der Waals surface area (Å²) in [6, 6.07) is 6.89. The Kier molecular flexibility index (Phi) is 7.15. The van der Waals surface area contributed by atoms with Gasteiger partial charge >= 0.3 is 0 Å². The first-order valence-electron chi connectivity index (χ1n) is 9.10. The Morgan fingerprint density at radius 1 is 1.12 bits per heavy atom. The lowest BCUT2D eigenvalue weighted by molar-refractivity contribution is -0.136. The molecule has 0 atom stereocenters. The van der Waals surface area contributed by atoms with Crippen molar-refractivity contribution in [3.05, 3.63) is 29.8 Å². The molecule has 1 heterocycles. The second kappa shape index (κ2) is 9.33. The number of hydrogen-bond acceptors (Lipinski definition) is 4. The lowest BCUT2D eigenvalue weighted by atomic mass is 10.1. The molecule has 2 N–H and O–H groups in total. The van der Waals surface area contributed by atoms with Crippen LogP contribution in [-0.4, -0.2) is 66.8 Å². The van der Waals surface area contributed by atoms with Gasteiger partial charge in [-0.1, -0.05) is 19.9 Å². The molecule has 26 heavy (non-hydrogen) atoms. The van der Waals surface area contributed by atoms with Gasteiger partial charge in [0.1, 0.15) is 0 Å². The molecule has 1 fully saturated rings. The smallest absolute Gasteiger partial charge is 0.251 e. The van der Waals surface area contributed by atoms with E-state index in [1.54, 1.807) is 24.3 Å². The minimum Gasteiger partial charge on any atom is -0.352 e. The van der Waals surface area contributed by atoms with E-state index in [9.17, 15) is 14.4 Å². The normalized spacial score (nSPS) is 15.0. The standard InChI is InChI=1S/C19H28N4O3/c1-4-20-18(25)15-6-5-7-16(12-15)21-17(24)13-22-8-10-23(11-9-22)19(26)14(2)3/h5-7,12,14H,4,8-11,13H2,1-3H3,(H,20,25)(H,21,24). The molecular weight excluding hydrogens is 332 g/mol. The van der Waals surface area contributed by atoms with E-state index in [0.717, 1.165) is 0 Å². The highest BCUT2D eigenvalue weighted by Crippen LogP contribution is 2.12. The van der Waals surface area contributed by atoms with Gasteiger partial charge in [0.05, 0.1) is 6.54 Å². The van der Waals surface area contributed by atoms with Crippen molar-refractivity contribution in [2.75, 3.05) is 44.6 Å². The molecule has 0 radical (unpaired) electrons. The molecule has 0 aliphatic carbocycles. The monoisotopic (exact) mass is 360 g/mol. The van der Waals surface area contributed by atoms with E-state index in [2.05, 4.69) is 10.6 Å². The Morgan fingerprint density at radius 2 is 1.81 bits per heavy atom. The first kappa shape index (κ1) is 19.9. The number of hydrogen-bond donors (Lipinski definition) is 2. The van der Waals surface area contributed by atoms with Crippen LogP contribution >= 0.6 is 0 Å². The predicted molar refractivity (Wildman–Crippen MR) is 101 cm³/mol. The summed E-state index contributed by atoms with van der Waals surface area (Å²) in [5, 5.41) is 5.57. The van der Waals surface area contributed by atoms with Gasteiger partial charge in [-0.15, -0.1) is 0 Å². The average molecular weight is 360 g/mol. The third-order valence-electron chi connectivity index (χ3n) is 4.29. The Morgan fingerprint density at radius 3 is 2.42 bits per heavy atom. The van der Waals surface area contributed by atoms with Gasteiger partial charge in [-0.25, -0.2) is 0 Å². The average Bonchev–Trinajstić information content (AvgIpc) is 2.62. The molecule has 7 heteroatoms. The van der Waals surface area contributed by atoms with Crippen molar-refractivity contribution in [3.8, 4) is 0 Å². The third-order valence-corrected chi connectivity index (χ3v) is 4.29.